The van der Waals surface area contributed by atoms with Crippen LogP contribution in [0.1, 0.15) is 51.2 Å². The van der Waals surface area contributed by atoms with Gasteiger partial charge in [-0.25, -0.2) is 0 Å². The summed E-state index contributed by atoms with van der Waals surface area (Å²) in [5.74, 6) is 2.03. The van der Waals surface area contributed by atoms with E-state index in [9.17, 15) is 0 Å². The highest BCUT2D eigenvalue weighted by atomic mass is 16.5. The Bertz CT molecular complexity index is 328. The van der Waals surface area contributed by atoms with Crippen molar-refractivity contribution in [3.8, 4) is 0 Å². The third-order valence-electron chi connectivity index (χ3n) is 3.38. The standard InChI is InChI=1S/C11H19N3O/c1-4-8(2)9-13-10(15-14-9)11(3)5-6-12-7-11/h8,12H,4-7H2,1-3H3. The second kappa shape index (κ2) is 3.93. The van der Waals surface area contributed by atoms with E-state index in [4.69, 9.17) is 4.52 Å². The highest BCUT2D eigenvalue weighted by molar-refractivity contribution is 5.08. The van der Waals surface area contributed by atoms with Crippen LogP contribution in [0.25, 0.3) is 0 Å². The van der Waals surface area contributed by atoms with Crippen molar-refractivity contribution in [1.29, 1.82) is 0 Å². The van der Waals surface area contributed by atoms with Crippen LogP contribution in [0.4, 0.5) is 0 Å². The van der Waals surface area contributed by atoms with Crippen LogP contribution < -0.4 is 5.32 Å². The van der Waals surface area contributed by atoms with Gasteiger partial charge in [-0.2, -0.15) is 4.98 Å². The Morgan fingerprint density at radius 3 is 3.00 bits per heavy atom. The van der Waals surface area contributed by atoms with Crippen LogP contribution in [0.3, 0.4) is 0 Å². The fourth-order valence-corrected chi connectivity index (χ4v) is 1.86. The summed E-state index contributed by atoms with van der Waals surface area (Å²) in [6.07, 6.45) is 2.13. The third-order valence-corrected chi connectivity index (χ3v) is 3.38. The molecule has 1 aromatic heterocycles. The van der Waals surface area contributed by atoms with Crippen molar-refractivity contribution in [3.05, 3.63) is 11.7 Å². The summed E-state index contributed by atoms with van der Waals surface area (Å²) in [4.78, 5) is 4.52. The topological polar surface area (TPSA) is 51.0 Å². The zero-order valence-electron chi connectivity index (χ0n) is 9.71. The monoisotopic (exact) mass is 209 g/mol. The average Bonchev–Trinajstić information content (AvgIpc) is 2.85. The van der Waals surface area contributed by atoms with Crippen LogP contribution in [0.15, 0.2) is 4.52 Å². The molecule has 15 heavy (non-hydrogen) atoms. The van der Waals surface area contributed by atoms with Crippen LogP contribution >= 0.6 is 0 Å². The van der Waals surface area contributed by atoms with E-state index in [-0.39, 0.29) is 5.41 Å². The van der Waals surface area contributed by atoms with Gasteiger partial charge in [-0.3, -0.25) is 0 Å². The van der Waals surface area contributed by atoms with Gasteiger partial charge in [0, 0.05) is 12.5 Å². The first-order chi connectivity index (χ1) is 7.15. The molecule has 1 aliphatic heterocycles. The minimum Gasteiger partial charge on any atom is -0.339 e. The van der Waals surface area contributed by atoms with Crippen molar-refractivity contribution in [2.45, 2.75) is 44.9 Å². The summed E-state index contributed by atoms with van der Waals surface area (Å²) < 4.78 is 5.37. The molecule has 0 spiro atoms. The second-order valence-corrected chi connectivity index (χ2v) is 4.75. The van der Waals surface area contributed by atoms with Crippen molar-refractivity contribution >= 4 is 0 Å². The van der Waals surface area contributed by atoms with Crippen LogP contribution in [-0.4, -0.2) is 23.2 Å². The lowest BCUT2D eigenvalue weighted by Gasteiger charge is -2.16. The Labute approximate surface area is 90.4 Å². The lowest BCUT2D eigenvalue weighted by molar-refractivity contribution is 0.303. The van der Waals surface area contributed by atoms with Crippen LogP contribution in [0, 0.1) is 0 Å². The van der Waals surface area contributed by atoms with E-state index < -0.39 is 0 Å². The smallest absolute Gasteiger partial charge is 0.233 e. The zero-order chi connectivity index (χ0) is 10.9. The van der Waals surface area contributed by atoms with E-state index >= 15 is 0 Å². The zero-order valence-corrected chi connectivity index (χ0v) is 9.71. The first-order valence-electron chi connectivity index (χ1n) is 5.70. The molecule has 1 fully saturated rings. The van der Waals surface area contributed by atoms with Crippen molar-refractivity contribution in [2.24, 2.45) is 0 Å². The molecule has 1 aromatic rings. The fourth-order valence-electron chi connectivity index (χ4n) is 1.86. The van der Waals surface area contributed by atoms with E-state index in [1.165, 1.54) is 0 Å². The predicted molar refractivity (Wildman–Crippen MR) is 57.8 cm³/mol. The highest BCUT2D eigenvalue weighted by Gasteiger charge is 2.36. The molecule has 0 bridgehead atoms. The second-order valence-electron chi connectivity index (χ2n) is 4.75. The number of hydrogen-bond donors (Lipinski definition) is 1. The summed E-state index contributed by atoms with van der Waals surface area (Å²) >= 11 is 0. The van der Waals surface area contributed by atoms with E-state index in [0.717, 1.165) is 37.6 Å². The van der Waals surface area contributed by atoms with Gasteiger partial charge >= 0.3 is 0 Å². The van der Waals surface area contributed by atoms with Gasteiger partial charge in [-0.15, -0.1) is 0 Å². The normalized spacial score (nSPS) is 28.2. The Hall–Kier alpha value is -0.900. The quantitative estimate of drug-likeness (QED) is 0.825. The van der Waals surface area contributed by atoms with Gasteiger partial charge in [0.25, 0.3) is 0 Å². The minimum atomic E-state index is 0.0404. The number of aromatic nitrogens is 2. The molecule has 4 nitrogen and oxygen atoms in total. The molecule has 0 saturated carbocycles. The SMILES string of the molecule is CCC(C)c1noc(C2(C)CCNC2)n1. The first-order valence-corrected chi connectivity index (χ1v) is 5.70. The molecule has 2 unspecified atom stereocenters. The molecule has 1 aliphatic rings. The molecule has 0 radical (unpaired) electrons. The van der Waals surface area contributed by atoms with Crippen LogP contribution in [0.2, 0.25) is 0 Å². The third kappa shape index (κ3) is 1.91. The van der Waals surface area contributed by atoms with Crippen molar-refractivity contribution < 1.29 is 4.52 Å². The summed E-state index contributed by atoms with van der Waals surface area (Å²) in [5.41, 5.74) is 0.0404. The van der Waals surface area contributed by atoms with Gasteiger partial charge in [0.2, 0.25) is 5.89 Å². The molecule has 1 saturated heterocycles. The average molecular weight is 209 g/mol. The van der Waals surface area contributed by atoms with Gasteiger partial charge in [0.1, 0.15) is 0 Å². The highest BCUT2D eigenvalue weighted by Crippen LogP contribution is 2.29. The van der Waals surface area contributed by atoms with E-state index in [2.05, 4.69) is 36.2 Å². The van der Waals surface area contributed by atoms with E-state index in [1.807, 2.05) is 0 Å². The summed E-state index contributed by atoms with van der Waals surface area (Å²) in [6.45, 7) is 8.43. The largest absolute Gasteiger partial charge is 0.339 e. The molecule has 2 heterocycles. The fraction of sp³-hybridized carbons (Fsp3) is 0.818. The number of nitrogens with one attached hydrogen (secondary N) is 1. The van der Waals surface area contributed by atoms with Gasteiger partial charge < -0.3 is 9.84 Å². The molecular formula is C11H19N3O. The Morgan fingerprint density at radius 1 is 1.60 bits per heavy atom. The van der Waals surface area contributed by atoms with Crippen molar-refractivity contribution in [1.82, 2.24) is 15.5 Å². The van der Waals surface area contributed by atoms with Gasteiger partial charge in [0.05, 0.1) is 5.41 Å². The molecule has 4 heteroatoms. The predicted octanol–water partition coefficient (Wildman–Crippen LogP) is 1.83. The first kappa shape index (κ1) is 10.6. The number of rotatable bonds is 3. The summed E-state index contributed by atoms with van der Waals surface area (Å²) in [6, 6.07) is 0. The summed E-state index contributed by atoms with van der Waals surface area (Å²) in [7, 11) is 0. The van der Waals surface area contributed by atoms with E-state index in [0.29, 0.717) is 5.92 Å². The maximum atomic E-state index is 5.37. The molecule has 0 amide bonds. The molecule has 0 aliphatic carbocycles. The Morgan fingerprint density at radius 2 is 2.40 bits per heavy atom. The van der Waals surface area contributed by atoms with Crippen molar-refractivity contribution in [3.63, 3.8) is 0 Å². The molecule has 2 atom stereocenters. The molecule has 84 valence electrons. The molecule has 0 aromatic carbocycles. The lowest BCUT2D eigenvalue weighted by atomic mass is 9.90. The Kier molecular flexibility index (Phi) is 2.78. The van der Waals surface area contributed by atoms with Gasteiger partial charge in [-0.1, -0.05) is 19.0 Å². The lowest BCUT2D eigenvalue weighted by Crippen LogP contribution is -2.25. The molecule has 2 rings (SSSR count). The molecule has 1 N–H and O–H groups in total. The number of hydrogen-bond acceptors (Lipinski definition) is 4. The molecular weight excluding hydrogens is 190 g/mol. The van der Waals surface area contributed by atoms with Crippen LogP contribution in [-0.2, 0) is 5.41 Å². The van der Waals surface area contributed by atoms with Gasteiger partial charge in [0.15, 0.2) is 5.82 Å². The van der Waals surface area contributed by atoms with E-state index in [1.54, 1.807) is 0 Å². The van der Waals surface area contributed by atoms with Crippen molar-refractivity contribution in [2.75, 3.05) is 13.1 Å². The minimum absolute atomic E-state index is 0.0404. The van der Waals surface area contributed by atoms with Crippen LogP contribution in [0.5, 0.6) is 0 Å². The van der Waals surface area contributed by atoms with Gasteiger partial charge in [-0.05, 0) is 26.3 Å². The Balaban J connectivity index is 2.19. The maximum Gasteiger partial charge on any atom is 0.233 e. The number of nitrogens with zero attached hydrogens (tertiary/aromatic N) is 2. The summed E-state index contributed by atoms with van der Waals surface area (Å²) in [5, 5.41) is 7.40. The maximum absolute atomic E-state index is 5.37.